The Morgan fingerprint density at radius 2 is 1.83 bits per heavy atom. The number of hydrogen-bond acceptors (Lipinski definition) is 4. The highest BCUT2D eigenvalue weighted by Crippen LogP contribution is 2.37. The second kappa shape index (κ2) is 7.31. The number of carbonyl (C=O) groups is 1. The van der Waals surface area contributed by atoms with Crippen molar-refractivity contribution in [3.63, 3.8) is 0 Å². The summed E-state index contributed by atoms with van der Waals surface area (Å²) in [4.78, 5) is 26.0. The Kier molecular flexibility index (Phi) is 5.64. The molecule has 0 aliphatic carbocycles. The molecule has 0 saturated carbocycles. The summed E-state index contributed by atoms with van der Waals surface area (Å²) in [5, 5.41) is 11.3. The normalized spacial score (nSPS) is 10.4. The molecule has 0 spiro atoms. The summed E-state index contributed by atoms with van der Waals surface area (Å²) in [5.41, 5.74) is 1.42. The molecule has 0 saturated heterocycles. The van der Waals surface area contributed by atoms with Crippen LogP contribution in [0.25, 0.3) is 0 Å². The van der Waals surface area contributed by atoms with Gasteiger partial charge in [-0.3, -0.25) is 14.9 Å². The van der Waals surface area contributed by atoms with E-state index in [1.54, 1.807) is 32.3 Å². The zero-order chi connectivity index (χ0) is 17.1. The van der Waals surface area contributed by atoms with Gasteiger partial charge in [-0.15, -0.1) is 0 Å². The zero-order valence-electron chi connectivity index (χ0n) is 12.9. The molecule has 0 aliphatic rings. The Labute approximate surface area is 152 Å². The molecular formula is C16H15IN2O3S. The number of aryl methyl sites for hydroxylation is 1. The molecule has 7 heteroatoms. The van der Waals surface area contributed by atoms with Crippen LogP contribution in [-0.4, -0.2) is 29.8 Å². The number of benzene rings is 2. The van der Waals surface area contributed by atoms with Crippen molar-refractivity contribution < 1.29 is 9.72 Å². The van der Waals surface area contributed by atoms with Gasteiger partial charge in [-0.25, -0.2) is 0 Å². The highest BCUT2D eigenvalue weighted by atomic mass is 127. The highest BCUT2D eigenvalue weighted by Gasteiger charge is 2.19. The summed E-state index contributed by atoms with van der Waals surface area (Å²) in [6.07, 6.45) is 0. The molecular weight excluding hydrogens is 427 g/mol. The number of nitrogens with zero attached hydrogens (tertiary/aromatic N) is 2. The van der Waals surface area contributed by atoms with E-state index in [1.165, 1.54) is 16.7 Å². The molecule has 0 aliphatic heterocycles. The average molecular weight is 442 g/mol. The van der Waals surface area contributed by atoms with Gasteiger partial charge in [0.2, 0.25) is 0 Å². The summed E-state index contributed by atoms with van der Waals surface area (Å²) in [6, 6.07) is 10.6. The van der Waals surface area contributed by atoms with Crippen molar-refractivity contribution in [1.82, 2.24) is 4.90 Å². The molecule has 120 valence electrons. The first-order valence-corrected chi connectivity index (χ1v) is 8.63. The molecule has 0 fully saturated rings. The lowest BCUT2D eigenvalue weighted by Gasteiger charge is -2.14. The van der Waals surface area contributed by atoms with Crippen LogP contribution in [0, 0.1) is 20.6 Å². The smallest absolute Gasteiger partial charge is 0.283 e. The van der Waals surface area contributed by atoms with E-state index < -0.39 is 4.92 Å². The lowest BCUT2D eigenvalue weighted by molar-refractivity contribution is -0.387. The predicted molar refractivity (Wildman–Crippen MR) is 99.1 cm³/mol. The van der Waals surface area contributed by atoms with Crippen LogP contribution in [0.3, 0.4) is 0 Å². The molecule has 23 heavy (non-hydrogen) atoms. The zero-order valence-corrected chi connectivity index (χ0v) is 15.8. The van der Waals surface area contributed by atoms with Crippen LogP contribution in [0.4, 0.5) is 5.69 Å². The molecule has 0 bridgehead atoms. The summed E-state index contributed by atoms with van der Waals surface area (Å²) in [6.45, 7) is 1.81. The Balaban J connectivity index is 2.49. The maximum Gasteiger partial charge on any atom is 0.283 e. The Morgan fingerprint density at radius 3 is 2.43 bits per heavy atom. The summed E-state index contributed by atoms with van der Waals surface area (Å²) >= 11 is 3.38. The number of nitro groups is 1. The molecule has 5 nitrogen and oxygen atoms in total. The van der Waals surface area contributed by atoms with E-state index in [1.807, 2.05) is 25.1 Å². The van der Waals surface area contributed by atoms with Crippen LogP contribution in [0.1, 0.15) is 15.9 Å². The van der Waals surface area contributed by atoms with E-state index in [9.17, 15) is 14.9 Å². The fourth-order valence-electron chi connectivity index (χ4n) is 1.97. The third kappa shape index (κ3) is 4.23. The van der Waals surface area contributed by atoms with Crippen molar-refractivity contribution >= 4 is 45.9 Å². The maximum absolute atomic E-state index is 12.4. The molecule has 0 heterocycles. The van der Waals surface area contributed by atoms with E-state index in [0.29, 0.717) is 15.4 Å². The van der Waals surface area contributed by atoms with Gasteiger partial charge in [0.15, 0.2) is 0 Å². The number of carbonyl (C=O) groups excluding carboxylic acids is 1. The van der Waals surface area contributed by atoms with Gasteiger partial charge >= 0.3 is 0 Å². The fourth-order valence-corrected chi connectivity index (χ4v) is 3.47. The monoisotopic (exact) mass is 442 g/mol. The first kappa shape index (κ1) is 17.7. The molecule has 2 rings (SSSR count). The van der Waals surface area contributed by atoms with Crippen LogP contribution >= 0.6 is 34.4 Å². The fraction of sp³-hybridized carbons (Fsp3) is 0.188. The van der Waals surface area contributed by atoms with Crippen molar-refractivity contribution in [1.29, 1.82) is 0 Å². The number of halogens is 1. The second-order valence-electron chi connectivity index (χ2n) is 5.17. The molecule has 0 unspecified atom stereocenters. The molecule has 0 aromatic heterocycles. The van der Waals surface area contributed by atoms with E-state index >= 15 is 0 Å². The van der Waals surface area contributed by atoms with Gasteiger partial charge in [0, 0.05) is 28.6 Å². The first-order valence-electron chi connectivity index (χ1n) is 6.73. The van der Waals surface area contributed by atoms with Gasteiger partial charge in [0.25, 0.3) is 11.6 Å². The van der Waals surface area contributed by atoms with Crippen molar-refractivity contribution in [3.05, 3.63) is 61.2 Å². The summed E-state index contributed by atoms with van der Waals surface area (Å²) < 4.78 is 0.940. The maximum atomic E-state index is 12.4. The third-order valence-corrected chi connectivity index (χ3v) is 4.92. The lowest BCUT2D eigenvalue weighted by Crippen LogP contribution is -2.22. The average Bonchev–Trinajstić information content (AvgIpc) is 2.49. The van der Waals surface area contributed by atoms with Gasteiger partial charge in [-0.2, -0.15) is 0 Å². The lowest BCUT2D eigenvalue weighted by atomic mass is 10.2. The minimum absolute atomic E-state index is 0.0526. The van der Waals surface area contributed by atoms with Gasteiger partial charge in [-0.1, -0.05) is 17.8 Å². The van der Waals surface area contributed by atoms with E-state index in [0.717, 1.165) is 9.13 Å². The Hall–Kier alpha value is -1.61. The molecule has 0 atom stereocenters. The summed E-state index contributed by atoms with van der Waals surface area (Å²) in [5.74, 6) is -0.124. The topological polar surface area (TPSA) is 63.5 Å². The minimum Gasteiger partial charge on any atom is -0.345 e. The van der Waals surface area contributed by atoms with Crippen molar-refractivity contribution in [2.45, 2.75) is 16.7 Å². The quantitative estimate of drug-likeness (QED) is 0.401. The minimum atomic E-state index is -0.393. The van der Waals surface area contributed by atoms with Crippen LogP contribution in [-0.2, 0) is 0 Å². The SMILES string of the molecule is Cc1ccc(Sc2ccc(I)cc2C(=O)N(C)C)c([N+](=O)[O-])c1. The largest absolute Gasteiger partial charge is 0.345 e. The van der Waals surface area contributed by atoms with Crippen molar-refractivity contribution in [3.8, 4) is 0 Å². The molecule has 1 amide bonds. The Morgan fingerprint density at radius 1 is 1.17 bits per heavy atom. The molecule has 0 N–H and O–H groups in total. The third-order valence-electron chi connectivity index (χ3n) is 3.11. The van der Waals surface area contributed by atoms with Crippen molar-refractivity contribution in [2.75, 3.05) is 14.1 Å². The first-order chi connectivity index (χ1) is 10.8. The Bertz CT molecular complexity index is 778. The predicted octanol–water partition coefficient (Wildman–Crippen LogP) is 4.36. The van der Waals surface area contributed by atoms with E-state index in [2.05, 4.69) is 22.6 Å². The number of nitro benzene ring substituents is 1. The van der Waals surface area contributed by atoms with Gasteiger partial charge in [0.1, 0.15) is 0 Å². The highest BCUT2D eigenvalue weighted by molar-refractivity contribution is 14.1. The second-order valence-corrected chi connectivity index (χ2v) is 7.50. The van der Waals surface area contributed by atoms with E-state index in [-0.39, 0.29) is 11.6 Å². The van der Waals surface area contributed by atoms with Gasteiger partial charge in [-0.05, 0) is 59.3 Å². The van der Waals surface area contributed by atoms with Crippen LogP contribution in [0.5, 0.6) is 0 Å². The number of hydrogen-bond donors (Lipinski definition) is 0. The summed E-state index contributed by atoms with van der Waals surface area (Å²) in [7, 11) is 3.37. The van der Waals surface area contributed by atoms with Crippen LogP contribution < -0.4 is 0 Å². The number of rotatable bonds is 4. The molecule has 2 aromatic rings. The molecule has 0 radical (unpaired) electrons. The van der Waals surface area contributed by atoms with Gasteiger partial charge < -0.3 is 4.90 Å². The number of amides is 1. The van der Waals surface area contributed by atoms with Gasteiger partial charge in [0.05, 0.1) is 15.4 Å². The van der Waals surface area contributed by atoms with Crippen LogP contribution in [0.15, 0.2) is 46.2 Å². The van der Waals surface area contributed by atoms with Crippen LogP contribution in [0.2, 0.25) is 0 Å². The van der Waals surface area contributed by atoms with Crippen molar-refractivity contribution in [2.24, 2.45) is 0 Å². The standard InChI is InChI=1S/C16H15IN2O3S/c1-10-4-6-15(13(8-10)19(21)22)23-14-7-5-11(17)9-12(14)16(20)18(2)3/h4-9H,1-3H3. The van der Waals surface area contributed by atoms with E-state index in [4.69, 9.17) is 0 Å². The molecule has 2 aromatic carbocycles.